The SMILES string of the molecule is Cc1cc(NC(=O)C2(c3ccc4c(c3)OCO4)CC2)ncc1-c1ccccc1CO. The number of amides is 1. The van der Waals surface area contributed by atoms with Gasteiger partial charge in [0.1, 0.15) is 5.82 Å². The summed E-state index contributed by atoms with van der Waals surface area (Å²) in [4.78, 5) is 17.6. The first-order valence-electron chi connectivity index (χ1n) is 9.98. The molecule has 1 amide bonds. The van der Waals surface area contributed by atoms with E-state index >= 15 is 0 Å². The van der Waals surface area contributed by atoms with Crippen LogP contribution in [0.15, 0.2) is 54.7 Å². The Morgan fingerprint density at radius 2 is 1.90 bits per heavy atom. The molecule has 1 aliphatic carbocycles. The fourth-order valence-corrected chi connectivity index (χ4v) is 4.03. The molecule has 6 nitrogen and oxygen atoms in total. The van der Waals surface area contributed by atoms with Gasteiger partial charge in [-0.1, -0.05) is 30.3 Å². The van der Waals surface area contributed by atoms with Crippen molar-refractivity contribution in [3.8, 4) is 22.6 Å². The van der Waals surface area contributed by atoms with E-state index in [1.165, 1.54) is 0 Å². The van der Waals surface area contributed by atoms with Crippen LogP contribution in [0.2, 0.25) is 0 Å². The molecule has 1 fully saturated rings. The van der Waals surface area contributed by atoms with Crippen molar-refractivity contribution in [3.05, 3.63) is 71.4 Å². The van der Waals surface area contributed by atoms with Crippen LogP contribution in [0.25, 0.3) is 11.1 Å². The van der Waals surface area contributed by atoms with Crippen LogP contribution in [0.4, 0.5) is 5.82 Å². The highest BCUT2D eigenvalue weighted by Crippen LogP contribution is 2.51. The predicted octanol–water partition coefficient (Wildman–Crippen LogP) is 3.95. The molecule has 0 spiro atoms. The number of aryl methyl sites for hydroxylation is 1. The number of nitrogens with zero attached hydrogens (tertiary/aromatic N) is 1. The van der Waals surface area contributed by atoms with Crippen LogP contribution in [-0.4, -0.2) is 22.8 Å². The van der Waals surface area contributed by atoms with Crippen LogP contribution in [0.1, 0.15) is 29.5 Å². The first-order valence-corrected chi connectivity index (χ1v) is 9.98. The minimum absolute atomic E-state index is 0.0356. The Labute approximate surface area is 174 Å². The van der Waals surface area contributed by atoms with E-state index in [4.69, 9.17) is 9.47 Å². The Morgan fingerprint density at radius 1 is 1.10 bits per heavy atom. The highest BCUT2D eigenvalue weighted by Gasteiger charge is 2.51. The van der Waals surface area contributed by atoms with E-state index in [0.29, 0.717) is 17.3 Å². The van der Waals surface area contributed by atoms with Crippen LogP contribution in [0.3, 0.4) is 0 Å². The van der Waals surface area contributed by atoms with E-state index in [1.807, 2.05) is 55.5 Å². The largest absolute Gasteiger partial charge is 0.454 e. The van der Waals surface area contributed by atoms with Crippen LogP contribution in [0, 0.1) is 6.92 Å². The van der Waals surface area contributed by atoms with Crippen LogP contribution < -0.4 is 14.8 Å². The van der Waals surface area contributed by atoms with Gasteiger partial charge in [-0.25, -0.2) is 4.98 Å². The van der Waals surface area contributed by atoms with Crippen molar-refractivity contribution in [1.82, 2.24) is 4.98 Å². The van der Waals surface area contributed by atoms with Gasteiger partial charge in [0, 0.05) is 11.8 Å². The monoisotopic (exact) mass is 402 g/mol. The van der Waals surface area contributed by atoms with Crippen molar-refractivity contribution < 1.29 is 19.4 Å². The Bertz CT molecular complexity index is 1140. The second kappa shape index (κ2) is 7.15. The molecule has 2 aliphatic rings. The van der Waals surface area contributed by atoms with Crippen LogP contribution >= 0.6 is 0 Å². The topological polar surface area (TPSA) is 80.7 Å². The maximum atomic E-state index is 13.1. The molecule has 3 aromatic rings. The third-order valence-electron chi connectivity index (χ3n) is 5.94. The minimum Gasteiger partial charge on any atom is -0.454 e. The van der Waals surface area contributed by atoms with Gasteiger partial charge in [-0.3, -0.25) is 4.79 Å². The first kappa shape index (κ1) is 18.6. The molecule has 1 saturated carbocycles. The number of ether oxygens (including phenoxy) is 2. The van der Waals surface area contributed by atoms with E-state index in [0.717, 1.165) is 40.7 Å². The van der Waals surface area contributed by atoms with Gasteiger partial charge in [0.25, 0.3) is 0 Å². The molecule has 1 aromatic heterocycles. The molecule has 0 unspecified atom stereocenters. The summed E-state index contributed by atoms with van der Waals surface area (Å²) in [6, 6.07) is 15.3. The van der Waals surface area contributed by atoms with Crippen molar-refractivity contribution in [2.45, 2.75) is 31.8 Å². The number of aliphatic hydroxyl groups is 1. The molecule has 1 aliphatic heterocycles. The van der Waals surface area contributed by atoms with Gasteiger partial charge in [0.15, 0.2) is 11.5 Å². The number of nitrogens with one attached hydrogen (secondary N) is 1. The Morgan fingerprint density at radius 3 is 2.67 bits per heavy atom. The number of rotatable bonds is 5. The second-order valence-corrected chi connectivity index (χ2v) is 7.80. The quantitative estimate of drug-likeness (QED) is 0.676. The molecule has 2 aromatic carbocycles. The first-order chi connectivity index (χ1) is 14.6. The number of aliphatic hydroxyl groups excluding tert-OH is 1. The van der Waals surface area contributed by atoms with E-state index in [9.17, 15) is 9.90 Å². The molecule has 0 bridgehead atoms. The van der Waals surface area contributed by atoms with E-state index in [-0.39, 0.29) is 19.3 Å². The summed E-state index contributed by atoms with van der Waals surface area (Å²) in [6.45, 7) is 2.16. The molecule has 2 heterocycles. The predicted molar refractivity (Wildman–Crippen MR) is 112 cm³/mol. The summed E-state index contributed by atoms with van der Waals surface area (Å²) in [5.74, 6) is 1.87. The normalized spacial score (nSPS) is 15.7. The summed E-state index contributed by atoms with van der Waals surface area (Å²) >= 11 is 0. The maximum absolute atomic E-state index is 13.1. The summed E-state index contributed by atoms with van der Waals surface area (Å²) in [7, 11) is 0. The Kier molecular flexibility index (Phi) is 4.44. The molecule has 30 heavy (non-hydrogen) atoms. The smallest absolute Gasteiger partial charge is 0.236 e. The highest BCUT2D eigenvalue weighted by atomic mass is 16.7. The molecule has 0 radical (unpaired) electrons. The van der Waals surface area contributed by atoms with Gasteiger partial charge in [0.2, 0.25) is 12.7 Å². The fourth-order valence-electron chi connectivity index (χ4n) is 4.03. The summed E-state index contributed by atoms with van der Waals surface area (Å²) < 4.78 is 10.8. The summed E-state index contributed by atoms with van der Waals surface area (Å²) in [6.07, 6.45) is 3.33. The molecule has 0 atom stereocenters. The Hall–Kier alpha value is -3.38. The molecule has 5 rings (SSSR count). The lowest BCUT2D eigenvalue weighted by Crippen LogP contribution is -2.28. The number of fused-ring (bicyclic) bond motifs is 1. The lowest BCUT2D eigenvalue weighted by molar-refractivity contribution is -0.118. The van der Waals surface area contributed by atoms with Crippen molar-refractivity contribution >= 4 is 11.7 Å². The van der Waals surface area contributed by atoms with Gasteiger partial charge in [-0.15, -0.1) is 0 Å². The number of hydrogen-bond acceptors (Lipinski definition) is 5. The average Bonchev–Trinajstić information content (AvgIpc) is 3.45. The van der Waals surface area contributed by atoms with E-state index < -0.39 is 5.41 Å². The van der Waals surface area contributed by atoms with Gasteiger partial charge >= 0.3 is 0 Å². The molecular formula is C24H22N2O4. The lowest BCUT2D eigenvalue weighted by atomic mass is 9.94. The number of carbonyl (C=O) groups is 1. The lowest BCUT2D eigenvalue weighted by Gasteiger charge is -2.17. The van der Waals surface area contributed by atoms with Crippen molar-refractivity contribution in [2.24, 2.45) is 0 Å². The van der Waals surface area contributed by atoms with E-state index in [2.05, 4.69) is 10.3 Å². The third-order valence-corrected chi connectivity index (χ3v) is 5.94. The van der Waals surface area contributed by atoms with Crippen molar-refractivity contribution in [3.63, 3.8) is 0 Å². The molecule has 152 valence electrons. The molecule has 2 N–H and O–H groups in total. The minimum atomic E-state index is -0.543. The number of anilines is 1. The van der Waals surface area contributed by atoms with Crippen molar-refractivity contribution in [1.29, 1.82) is 0 Å². The second-order valence-electron chi connectivity index (χ2n) is 7.80. The number of hydrogen-bond donors (Lipinski definition) is 2. The fraction of sp³-hybridized carbons (Fsp3) is 0.250. The number of benzene rings is 2. The molecule has 6 heteroatoms. The zero-order chi connectivity index (χ0) is 20.7. The van der Waals surface area contributed by atoms with Crippen LogP contribution in [0.5, 0.6) is 11.5 Å². The van der Waals surface area contributed by atoms with Crippen molar-refractivity contribution in [2.75, 3.05) is 12.1 Å². The van der Waals surface area contributed by atoms with Gasteiger partial charge in [-0.05, 0) is 60.2 Å². The number of aromatic nitrogens is 1. The zero-order valence-electron chi connectivity index (χ0n) is 16.6. The highest BCUT2D eigenvalue weighted by molar-refractivity contribution is 6.01. The van der Waals surface area contributed by atoms with Gasteiger partial charge in [0.05, 0.1) is 12.0 Å². The molecular weight excluding hydrogens is 380 g/mol. The standard InChI is InChI=1S/C24H22N2O4/c1-15-10-22(25-12-19(15)18-5-3-2-4-16(18)13-27)26-23(28)24(8-9-24)17-6-7-20-21(11-17)30-14-29-20/h2-7,10-12,27H,8-9,13-14H2,1H3,(H,25,26,28). The van der Waals surface area contributed by atoms with E-state index in [1.54, 1.807) is 6.20 Å². The van der Waals surface area contributed by atoms with Gasteiger partial charge < -0.3 is 19.9 Å². The number of pyridine rings is 1. The third kappa shape index (κ3) is 3.09. The average molecular weight is 402 g/mol. The Balaban J connectivity index is 1.38. The summed E-state index contributed by atoms with van der Waals surface area (Å²) in [5, 5.41) is 12.6. The summed E-state index contributed by atoms with van der Waals surface area (Å²) in [5.41, 5.74) is 4.11. The maximum Gasteiger partial charge on any atom is 0.236 e. The van der Waals surface area contributed by atoms with Gasteiger partial charge in [-0.2, -0.15) is 0 Å². The molecule has 0 saturated heterocycles. The zero-order valence-corrected chi connectivity index (χ0v) is 16.6. The van der Waals surface area contributed by atoms with Crippen LogP contribution in [-0.2, 0) is 16.8 Å². The number of carbonyl (C=O) groups excluding carboxylic acids is 1.